The first-order chi connectivity index (χ1) is 5.14. The Morgan fingerprint density at radius 2 is 2.00 bits per heavy atom. The lowest BCUT2D eigenvalue weighted by Gasteiger charge is -2.17. The van der Waals surface area contributed by atoms with Gasteiger partial charge in [0.1, 0.15) is 0 Å². The molecule has 0 aromatic rings. The summed E-state index contributed by atoms with van der Waals surface area (Å²) in [5.74, 6) is 0. The molecular weight excluding hydrogens is 183 g/mol. The molecule has 1 fully saturated rings. The minimum absolute atomic E-state index is 0.130. The van der Waals surface area contributed by atoms with Crippen molar-refractivity contribution in [2.45, 2.75) is 31.8 Å². The summed E-state index contributed by atoms with van der Waals surface area (Å²) in [4.78, 5) is 9.27. The fourth-order valence-electron chi connectivity index (χ4n) is 1.23. The highest BCUT2D eigenvalue weighted by Gasteiger charge is 2.23. The van der Waals surface area contributed by atoms with Gasteiger partial charge >= 0.3 is 6.72 Å². The Morgan fingerprint density at radius 3 is 2.45 bits per heavy atom. The van der Waals surface area contributed by atoms with Gasteiger partial charge in [-0.2, -0.15) is 0 Å². The molecule has 0 aromatic carbocycles. The summed E-state index contributed by atoms with van der Waals surface area (Å²) in [6.07, 6.45) is 4.48. The van der Waals surface area contributed by atoms with Crippen LogP contribution in [0, 0.1) is 0 Å². The van der Waals surface area contributed by atoms with Crippen molar-refractivity contribution in [3.8, 4) is 0 Å². The normalized spacial score (nSPS) is 25.3. The molecular formula is C6H13O3PS. The van der Waals surface area contributed by atoms with E-state index in [0.29, 0.717) is 0 Å². The molecule has 1 aliphatic rings. The molecule has 1 unspecified atom stereocenters. The second-order valence-corrected chi connectivity index (χ2v) is 5.56. The van der Waals surface area contributed by atoms with Crippen LogP contribution in [-0.2, 0) is 20.9 Å². The zero-order valence-corrected chi connectivity index (χ0v) is 8.24. The summed E-state index contributed by atoms with van der Waals surface area (Å²) < 4.78 is 9.87. The van der Waals surface area contributed by atoms with Gasteiger partial charge in [-0.05, 0) is 24.6 Å². The van der Waals surface area contributed by atoms with Crippen molar-refractivity contribution in [2.24, 2.45) is 0 Å². The van der Waals surface area contributed by atoms with Gasteiger partial charge in [0.2, 0.25) is 0 Å². The molecule has 0 spiro atoms. The van der Waals surface area contributed by atoms with Crippen LogP contribution in [0.5, 0.6) is 0 Å². The third-order valence-corrected chi connectivity index (χ3v) is 3.55. The summed E-state index contributed by atoms with van der Waals surface area (Å²) in [6.45, 7) is -2.89. The van der Waals surface area contributed by atoms with Gasteiger partial charge in [0.15, 0.2) is 0 Å². The van der Waals surface area contributed by atoms with Crippen LogP contribution < -0.4 is 0 Å². The first-order valence-electron chi connectivity index (χ1n) is 3.71. The molecule has 0 aromatic heterocycles. The molecule has 1 rings (SSSR count). The molecule has 66 valence electrons. The van der Waals surface area contributed by atoms with Crippen molar-refractivity contribution >= 4 is 18.5 Å². The maximum atomic E-state index is 9.27. The Balaban J connectivity index is 2.34. The van der Waals surface area contributed by atoms with E-state index in [1.54, 1.807) is 0 Å². The molecule has 11 heavy (non-hydrogen) atoms. The quantitative estimate of drug-likeness (QED) is 0.699. The smallest absolute Gasteiger partial charge is 0.324 e. The highest BCUT2D eigenvalue weighted by atomic mass is 32.5. The second kappa shape index (κ2) is 3.97. The third-order valence-electron chi connectivity index (χ3n) is 1.82. The molecule has 1 N–H and O–H groups in total. The summed E-state index contributed by atoms with van der Waals surface area (Å²) in [5.41, 5.74) is 0. The molecule has 0 aliphatic heterocycles. The Hall–Kier alpha value is 0.530. The fourth-order valence-corrected chi connectivity index (χ4v) is 2.26. The van der Waals surface area contributed by atoms with Crippen molar-refractivity contribution in [3.05, 3.63) is 0 Å². The van der Waals surface area contributed by atoms with Crippen molar-refractivity contribution in [3.63, 3.8) is 0 Å². The van der Waals surface area contributed by atoms with Crippen LogP contribution in [0.25, 0.3) is 0 Å². The molecule has 0 bridgehead atoms. The van der Waals surface area contributed by atoms with E-state index >= 15 is 0 Å². The molecule has 3 nitrogen and oxygen atoms in total. The fraction of sp³-hybridized carbons (Fsp3) is 1.00. The monoisotopic (exact) mass is 196 g/mol. The van der Waals surface area contributed by atoms with Crippen molar-refractivity contribution in [2.75, 3.05) is 7.11 Å². The van der Waals surface area contributed by atoms with Gasteiger partial charge in [0.05, 0.1) is 6.10 Å². The predicted molar refractivity (Wildman–Crippen MR) is 46.9 cm³/mol. The number of hydrogen-bond donors (Lipinski definition) is 1. The van der Waals surface area contributed by atoms with Gasteiger partial charge in [0.25, 0.3) is 0 Å². The Bertz CT molecular complexity index is 167. The van der Waals surface area contributed by atoms with Crippen LogP contribution in [0.1, 0.15) is 25.7 Å². The number of hydrogen-bond acceptors (Lipinski definition) is 3. The average Bonchev–Trinajstić information content (AvgIpc) is 2.39. The molecule has 1 aliphatic carbocycles. The van der Waals surface area contributed by atoms with Crippen LogP contribution >= 0.6 is 6.72 Å². The largest absolute Gasteiger partial charge is 0.324 e. The maximum absolute atomic E-state index is 9.27. The van der Waals surface area contributed by atoms with Gasteiger partial charge in [-0.15, -0.1) is 0 Å². The molecule has 1 atom stereocenters. The molecule has 0 saturated heterocycles. The third kappa shape index (κ3) is 3.18. The lowest BCUT2D eigenvalue weighted by atomic mass is 10.3. The Labute approximate surface area is 72.0 Å². The van der Waals surface area contributed by atoms with Crippen LogP contribution in [0.3, 0.4) is 0 Å². The minimum Gasteiger partial charge on any atom is -0.324 e. The van der Waals surface area contributed by atoms with Gasteiger partial charge in [-0.3, -0.25) is 0 Å². The van der Waals surface area contributed by atoms with Crippen molar-refractivity contribution in [1.29, 1.82) is 0 Å². The Morgan fingerprint density at radius 1 is 1.45 bits per heavy atom. The van der Waals surface area contributed by atoms with E-state index in [4.69, 9.17) is 16.3 Å². The van der Waals surface area contributed by atoms with Gasteiger partial charge in [-0.25, -0.2) is 0 Å². The van der Waals surface area contributed by atoms with Gasteiger partial charge < -0.3 is 13.9 Å². The standard InChI is InChI=1S/C6H13O3PS/c1-8-10(7,11)9-6-4-2-3-5-6/h6H,2-5H2,1H3,(H,7,11). The van der Waals surface area contributed by atoms with Crippen LogP contribution in [0.4, 0.5) is 0 Å². The topological polar surface area (TPSA) is 38.7 Å². The Kier molecular flexibility index (Phi) is 3.47. The van der Waals surface area contributed by atoms with E-state index in [2.05, 4.69) is 4.52 Å². The zero-order chi connectivity index (χ0) is 8.32. The lowest BCUT2D eigenvalue weighted by molar-refractivity contribution is 0.160. The summed E-state index contributed by atoms with van der Waals surface area (Å²) in [6, 6.07) is 0. The van der Waals surface area contributed by atoms with Crippen LogP contribution in [0.15, 0.2) is 0 Å². The predicted octanol–water partition coefficient (Wildman–Crippen LogP) is 1.81. The second-order valence-electron chi connectivity index (χ2n) is 2.66. The molecule has 1 saturated carbocycles. The van der Waals surface area contributed by atoms with E-state index in [1.807, 2.05) is 0 Å². The van der Waals surface area contributed by atoms with E-state index in [-0.39, 0.29) is 6.10 Å². The van der Waals surface area contributed by atoms with Gasteiger partial charge in [-0.1, -0.05) is 12.8 Å². The van der Waals surface area contributed by atoms with E-state index < -0.39 is 6.72 Å². The highest BCUT2D eigenvalue weighted by molar-refractivity contribution is 8.07. The minimum atomic E-state index is -2.89. The summed E-state index contributed by atoms with van der Waals surface area (Å²) in [5, 5.41) is 0. The molecule has 0 amide bonds. The average molecular weight is 196 g/mol. The van der Waals surface area contributed by atoms with E-state index in [1.165, 1.54) is 20.0 Å². The van der Waals surface area contributed by atoms with Crippen LogP contribution in [0.2, 0.25) is 0 Å². The summed E-state index contributed by atoms with van der Waals surface area (Å²) >= 11 is 4.70. The van der Waals surface area contributed by atoms with E-state index in [0.717, 1.165) is 12.8 Å². The van der Waals surface area contributed by atoms with Crippen molar-refractivity contribution < 1.29 is 13.9 Å². The van der Waals surface area contributed by atoms with Crippen LogP contribution in [-0.4, -0.2) is 18.1 Å². The maximum Gasteiger partial charge on any atom is 0.324 e. The first kappa shape index (κ1) is 9.62. The number of rotatable bonds is 3. The highest BCUT2D eigenvalue weighted by Crippen LogP contribution is 2.46. The zero-order valence-electron chi connectivity index (χ0n) is 6.52. The molecule has 5 heteroatoms. The molecule has 0 heterocycles. The molecule has 0 radical (unpaired) electrons. The summed E-state index contributed by atoms with van der Waals surface area (Å²) in [7, 11) is 1.38. The van der Waals surface area contributed by atoms with Gasteiger partial charge in [0, 0.05) is 7.11 Å². The lowest BCUT2D eigenvalue weighted by Crippen LogP contribution is -2.05. The van der Waals surface area contributed by atoms with Crippen molar-refractivity contribution in [1.82, 2.24) is 0 Å². The first-order valence-corrected chi connectivity index (χ1v) is 6.30. The SMILES string of the molecule is COP(O)(=S)OC1CCCC1. The van der Waals surface area contributed by atoms with E-state index in [9.17, 15) is 4.89 Å².